The summed E-state index contributed by atoms with van der Waals surface area (Å²) in [6.07, 6.45) is 4.86. The maximum absolute atomic E-state index is 12.3. The van der Waals surface area contributed by atoms with Crippen LogP contribution in [0.1, 0.15) is 52.4 Å². The largest absolute Gasteiger partial charge is 0.383 e. The standard InChI is InChI=1S/C17H32N2O4/c1-13(11-22-3)18-15(20)9-17(7-5-6-8-17)10-16(21)19-14(2)12-23-4/h13-14H,5-12H2,1-4H3,(H,18,20)(H,19,21). The lowest BCUT2D eigenvalue weighted by Crippen LogP contribution is -2.41. The summed E-state index contributed by atoms with van der Waals surface area (Å²) in [6, 6.07) is -0.0250. The number of hydrogen-bond acceptors (Lipinski definition) is 4. The molecule has 2 unspecified atom stereocenters. The second kappa shape index (κ2) is 9.88. The van der Waals surface area contributed by atoms with Gasteiger partial charge >= 0.3 is 0 Å². The van der Waals surface area contributed by atoms with Crippen molar-refractivity contribution in [3.05, 3.63) is 0 Å². The van der Waals surface area contributed by atoms with Gasteiger partial charge in [-0.3, -0.25) is 9.59 Å². The quantitative estimate of drug-likeness (QED) is 0.639. The van der Waals surface area contributed by atoms with Gasteiger partial charge in [0, 0.05) is 39.1 Å². The van der Waals surface area contributed by atoms with E-state index in [9.17, 15) is 9.59 Å². The third-order valence-corrected chi connectivity index (χ3v) is 4.38. The highest BCUT2D eigenvalue weighted by Crippen LogP contribution is 2.44. The molecule has 1 aliphatic rings. The molecule has 6 nitrogen and oxygen atoms in total. The summed E-state index contributed by atoms with van der Waals surface area (Å²) in [7, 11) is 3.24. The molecule has 0 aromatic carbocycles. The molecule has 0 spiro atoms. The van der Waals surface area contributed by atoms with Crippen molar-refractivity contribution in [3.8, 4) is 0 Å². The van der Waals surface area contributed by atoms with Gasteiger partial charge in [0.05, 0.1) is 13.2 Å². The van der Waals surface area contributed by atoms with Crippen molar-refractivity contribution >= 4 is 11.8 Å². The Morgan fingerprint density at radius 1 is 0.913 bits per heavy atom. The summed E-state index contributed by atoms with van der Waals surface area (Å²) in [5.74, 6) is 0.0170. The molecule has 0 aromatic rings. The predicted octanol–water partition coefficient (Wildman–Crippen LogP) is 1.63. The van der Waals surface area contributed by atoms with Gasteiger partial charge < -0.3 is 20.1 Å². The van der Waals surface area contributed by atoms with E-state index in [1.807, 2.05) is 13.8 Å². The van der Waals surface area contributed by atoms with Gasteiger partial charge in [-0.1, -0.05) is 12.8 Å². The topological polar surface area (TPSA) is 76.7 Å². The van der Waals surface area contributed by atoms with E-state index < -0.39 is 0 Å². The Morgan fingerprint density at radius 2 is 1.30 bits per heavy atom. The Hall–Kier alpha value is -1.14. The van der Waals surface area contributed by atoms with E-state index in [2.05, 4.69) is 10.6 Å². The summed E-state index contributed by atoms with van der Waals surface area (Å²) in [5, 5.41) is 5.90. The summed E-state index contributed by atoms with van der Waals surface area (Å²) in [6.45, 7) is 4.82. The zero-order chi connectivity index (χ0) is 17.3. The zero-order valence-corrected chi connectivity index (χ0v) is 14.9. The van der Waals surface area contributed by atoms with Gasteiger partial charge in [-0.2, -0.15) is 0 Å². The highest BCUT2D eigenvalue weighted by atomic mass is 16.5. The molecule has 2 N–H and O–H groups in total. The van der Waals surface area contributed by atoms with Gasteiger partial charge in [-0.15, -0.1) is 0 Å². The van der Waals surface area contributed by atoms with Crippen LogP contribution in [0.5, 0.6) is 0 Å². The molecule has 1 saturated carbocycles. The molecule has 0 saturated heterocycles. The first kappa shape index (κ1) is 19.9. The third-order valence-electron chi connectivity index (χ3n) is 4.38. The second-order valence-corrected chi connectivity index (χ2v) is 6.91. The number of carbonyl (C=O) groups excluding carboxylic acids is 2. The van der Waals surface area contributed by atoms with Crippen molar-refractivity contribution in [1.29, 1.82) is 0 Å². The minimum atomic E-state index is -0.201. The van der Waals surface area contributed by atoms with E-state index in [-0.39, 0.29) is 29.3 Å². The minimum Gasteiger partial charge on any atom is -0.383 e. The van der Waals surface area contributed by atoms with E-state index in [4.69, 9.17) is 9.47 Å². The van der Waals surface area contributed by atoms with E-state index in [0.717, 1.165) is 25.7 Å². The van der Waals surface area contributed by atoms with Crippen molar-refractivity contribution in [2.75, 3.05) is 27.4 Å². The average molecular weight is 328 g/mol. The Labute approximate surface area is 139 Å². The Balaban J connectivity index is 2.54. The number of carbonyl (C=O) groups is 2. The van der Waals surface area contributed by atoms with Gasteiger partial charge in [-0.05, 0) is 32.1 Å². The minimum absolute atomic E-state index is 0.00851. The summed E-state index contributed by atoms with van der Waals surface area (Å²) >= 11 is 0. The monoisotopic (exact) mass is 328 g/mol. The highest BCUT2D eigenvalue weighted by molar-refractivity contribution is 5.80. The Morgan fingerprint density at radius 3 is 1.65 bits per heavy atom. The van der Waals surface area contributed by atoms with E-state index in [1.54, 1.807) is 14.2 Å². The number of methoxy groups -OCH3 is 2. The molecule has 0 aliphatic heterocycles. The van der Waals surface area contributed by atoms with Gasteiger partial charge in [0.15, 0.2) is 0 Å². The zero-order valence-electron chi connectivity index (χ0n) is 14.9. The molecule has 0 bridgehead atoms. The normalized spacial score (nSPS) is 19.1. The second-order valence-electron chi connectivity index (χ2n) is 6.91. The fraction of sp³-hybridized carbons (Fsp3) is 0.882. The lowest BCUT2D eigenvalue weighted by Gasteiger charge is -2.29. The first-order valence-corrected chi connectivity index (χ1v) is 8.47. The van der Waals surface area contributed by atoms with Crippen LogP contribution in [-0.2, 0) is 19.1 Å². The van der Waals surface area contributed by atoms with Crippen LogP contribution in [0.4, 0.5) is 0 Å². The van der Waals surface area contributed by atoms with Crippen molar-refractivity contribution in [2.24, 2.45) is 5.41 Å². The highest BCUT2D eigenvalue weighted by Gasteiger charge is 2.38. The molecule has 1 rings (SSSR count). The first-order valence-electron chi connectivity index (χ1n) is 8.47. The van der Waals surface area contributed by atoms with E-state index >= 15 is 0 Å². The fourth-order valence-corrected chi connectivity index (χ4v) is 3.46. The smallest absolute Gasteiger partial charge is 0.220 e. The molecular weight excluding hydrogens is 296 g/mol. The van der Waals surface area contributed by atoms with Crippen LogP contribution in [0, 0.1) is 5.41 Å². The molecule has 0 aromatic heterocycles. The molecule has 1 aliphatic carbocycles. The number of hydrogen-bond donors (Lipinski definition) is 2. The van der Waals surface area contributed by atoms with Crippen LogP contribution in [0.15, 0.2) is 0 Å². The number of nitrogens with one attached hydrogen (secondary N) is 2. The van der Waals surface area contributed by atoms with E-state index in [1.165, 1.54) is 0 Å². The average Bonchev–Trinajstić information content (AvgIpc) is 2.86. The van der Waals surface area contributed by atoms with E-state index in [0.29, 0.717) is 26.1 Å². The summed E-state index contributed by atoms with van der Waals surface area (Å²) < 4.78 is 10.1. The number of ether oxygens (including phenoxy) is 2. The third kappa shape index (κ3) is 7.31. The molecule has 0 heterocycles. The summed E-state index contributed by atoms with van der Waals surface area (Å²) in [4.78, 5) is 24.6. The van der Waals surface area contributed by atoms with Crippen LogP contribution in [0.2, 0.25) is 0 Å². The molecular formula is C17H32N2O4. The molecule has 134 valence electrons. The number of amides is 2. The van der Waals surface area contributed by atoms with Crippen molar-refractivity contribution < 1.29 is 19.1 Å². The molecule has 23 heavy (non-hydrogen) atoms. The summed E-state index contributed by atoms with van der Waals surface area (Å²) in [5.41, 5.74) is -0.201. The maximum Gasteiger partial charge on any atom is 0.220 e. The van der Waals surface area contributed by atoms with Crippen LogP contribution in [-0.4, -0.2) is 51.3 Å². The SMILES string of the molecule is COCC(C)NC(=O)CC1(CC(=O)NC(C)COC)CCCC1. The lowest BCUT2D eigenvalue weighted by atomic mass is 9.79. The Kier molecular flexibility index (Phi) is 8.55. The fourth-order valence-electron chi connectivity index (χ4n) is 3.46. The predicted molar refractivity (Wildman–Crippen MR) is 89.1 cm³/mol. The van der Waals surface area contributed by atoms with Crippen LogP contribution in [0.3, 0.4) is 0 Å². The van der Waals surface area contributed by atoms with Gasteiger partial charge in [0.1, 0.15) is 0 Å². The molecule has 0 radical (unpaired) electrons. The van der Waals surface area contributed by atoms with Crippen LogP contribution in [0.25, 0.3) is 0 Å². The first-order chi connectivity index (χ1) is 10.9. The Bertz CT molecular complexity index is 351. The van der Waals surface area contributed by atoms with Crippen LogP contribution >= 0.6 is 0 Å². The van der Waals surface area contributed by atoms with Crippen molar-refractivity contribution in [3.63, 3.8) is 0 Å². The molecule has 6 heteroatoms. The molecule has 2 amide bonds. The molecule has 1 fully saturated rings. The molecule has 2 atom stereocenters. The van der Waals surface area contributed by atoms with Gasteiger partial charge in [0.2, 0.25) is 11.8 Å². The van der Waals surface area contributed by atoms with Gasteiger partial charge in [-0.25, -0.2) is 0 Å². The van der Waals surface area contributed by atoms with Crippen LogP contribution < -0.4 is 10.6 Å². The van der Waals surface area contributed by atoms with Gasteiger partial charge in [0.25, 0.3) is 0 Å². The van der Waals surface area contributed by atoms with Crippen molar-refractivity contribution in [1.82, 2.24) is 10.6 Å². The maximum atomic E-state index is 12.3. The number of rotatable bonds is 10. The lowest BCUT2D eigenvalue weighted by molar-refractivity contribution is -0.127. The van der Waals surface area contributed by atoms with Crippen molar-refractivity contribution in [2.45, 2.75) is 64.5 Å².